The van der Waals surface area contributed by atoms with Gasteiger partial charge in [-0.05, 0) is 61.8 Å². The van der Waals surface area contributed by atoms with E-state index >= 15 is 0 Å². The molecule has 2 aliphatic rings. The number of hydrogen-bond acceptors (Lipinski definition) is 6. The lowest BCUT2D eigenvalue weighted by Gasteiger charge is -2.35. The zero-order valence-corrected chi connectivity index (χ0v) is 20.0. The summed E-state index contributed by atoms with van der Waals surface area (Å²) in [5, 5.41) is 4.01. The second kappa shape index (κ2) is 11.7. The number of nitrogens with zero attached hydrogens (tertiary/aromatic N) is 4. The molecular formula is C26H35N5O3. The Hall–Kier alpha value is -3.26. The molecule has 0 bridgehead atoms. The van der Waals surface area contributed by atoms with Gasteiger partial charge in [0.1, 0.15) is 5.75 Å². The van der Waals surface area contributed by atoms with Crippen LogP contribution in [0.15, 0.2) is 53.7 Å². The van der Waals surface area contributed by atoms with Crippen LogP contribution in [0, 0.1) is 0 Å². The van der Waals surface area contributed by atoms with Gasteiger partial charge in [-0.2, -0.15) is 0 Å². The van der Waals surface area contributed by atoms with Crippen molar-refractivity contribution in [1.82, 2.24) is 9.80 Å². The highest BCUT2D eigenvalue weighted by Crippen LogP contribution is 2.20. The average Bonchev–Trinajstić information content (AvgIpc) is 2.89. The normalized spacial score (nSPS) is 17.5. The van der Waals surface area contributed by atoms with Crippen LogP contribution in [0.5, 0.6) is 5.75 Å². The van der Waals surface area contributed by atoms with Gasteiger partial charge >= 0.3 is 0 Å². The number of ether oxygens (including phenoxy) is 1. The molecule has 0 atom stereocenters. The maximum absolute atomic E-state index is 12.6. The predicted octanol–water partition coefficient (Wildman–Crippen LogP) is 2.67. The summed E-state index contributed by atoms with van der Waals surface area (Å²) in [5.41, 5.74) is 9.29. The SMILES string of the molecule is COc1ccc(N2CCN(C(=O)CO/N=C(/N)c3cccc(CN4CCCCC4)c3)CC2)cc1. The predicted molar refractivity (Wildman–Crippen MR) is 134 cm³/mol. The summed E-state index contributed by atoms with van der Waals surface area (Å²) in [6.07, 6.45) is 3.86. The van der Waals surface area contributed by atoms with Crippen molar-refractivity contribution in [1.29, 1.82) is 0 Å². The minimum Gasteiger partial charge on any atom is -0.497 e. The molecule has 2 aromatic carbocycles. The van der Waals surface area contributed by atoms with E-state index in [1.54, 1.807) is 7.11 Å². The summed E-state index contributed by atoms with van der Waals surface area (Å²) in [6.45, 7) is 5.93. The van der Waals surface area contributed by atoms with Gasteiger partial charge in [-0.25, -0.2) is 0 Å². The summed E-state index contributed by atoms with van der Waals surface area (Å²) in [6, 6.07) is 16.1. The van der Waals surface area contributed by atoms with Gasteiger partial charge in [-0.1, -0.05) is 29.8 Å². The zero-order valence-electron chi connectivity index (χ0n) is 20.0. The molecule has 0 aromatic heterocycles. The fraction of sp³-hybridized carbons (Fsp3) is 0.462. The third kappa shape index (κ3) is 6.41. The van der Waals surface area contributed by atoms with Crippen LogP contribution in [-0.4, -0.2) is 74.5 Å². The first-order valence-corrected chi connectivity index (χ1v) is 12.1. The number of piperazine rings is 1. The molecule has 2 aliphatic heterocycles. The molecule has 8 heteroatoms. The summed E-state index contributed by atoms with van der Waals surface area (Å²) in [4.78, 5) is 24.4. The molecular weight excluding hydrogens is 430 g/mol. The number of rotatable bonds is 8. The van der Waals surface area contributed by atoms with E-state index in [9.17, 15) is 4.79 Å². The monoisotopic (exact) mass is 465 g/mol. The lowest BCUT2D eigenvalue weighted by atomic mass is 10.1. The smallest absolute Gasteiger partial charge is 0.263 e. The number of carbonyl (C=O) groups excluding carboxylic acids is 1. The first kappa shape index (κ1) is 23.9. The van der Waals surface area contributed by atoms with Crippen molar-refractivity contribution in [2.24, 2.45) is 10.9 Å². The minimum atomic E-state index is -0.114. The van der Waals surface area contributed by atoms with E-state index < -0.39 is 0 Å². The molecule has 0 radical (unpaired) electrons. The van der Waals surface area contributed by atoms with Gasteiger partial charge in [0.15, 0.2) is 12.4 Å². The van der Waals surface area contributed by atoms with Crippen molar-refractivity contribution in [2.45, 2.75) is 25.8 Å². The fourth-order valence-electron chi connectivity index (χ4n) is 4.51. The van der Waals surface area contributed by atoms with Crippen molar-refractivity contribution >= 4 is 17.4 Å². The summed E-state index contributed by atoms with van der Waals surface area (Å²) in [7, 11) is 1.66. The van der Waals surface area contributed by atoms with Gasteiger partial charge < -0.3 is 25.1 Å². The molecule has 1 amide bonds. The molecule has 34 heavy (non-hydrogen) atoms. The summed E-state index contributed by atoms with van der Waals surface area (Å²) in [5.74, 6) is 1.05. The second-order valence-corrected chi connectivity index (χ2v) is 8.85. The van der Waals surface area contributed by atoms with E-state index in [0.717, 1.165) is 49.7 Å². The van der Waals surface area contributed by atoms with Crippen LogP contribution in [-0.2, 0) is 16.2 Å². The second-order valence-electron chi connectivity index (χ2n) is 8.85. The maximum Gasteiger partial charge on any atom is 0.263 e. The number of likely N-dealkylation sites (tertiary alicyclic amines) is 1. The maximum atomic E-state index is 12.6. The van der Waals surface area contributed by atoms with Crippen molar-refractivity contribution in [3.05, 3.63) is 59.7 Å². The number of anilines is 1. The van der Waals surface area contributed by atoms with Gasteiger partial charge in [0.2, 0.25) is 0 Å². The van der Waals surface area contributed by atoms with Crippen LogP contribution in [0.3, 0.4) is 0 Å². The average molecular weight is 466 g/mol. The number of piperidine rings is 1. The Morgan fingerprint density at radius 2 is 1.71 bits per heavy atom. The number of amides is 1. The molecule has 2 fully saturated rings. The molecule has 0 spiro atoms. The lowest BCUT2D eigenvalue weighted by molar-refractivity contribution is -0.136. The van der Waals surface area contributed by atoms with Gasteiger partial charge in [-0.3, -0.25) is 9.69 Å². The van der Waals surface area contributed by atoms with Gasteiger partial charge in [0, 0.05) is 44.0 Å². The number of oxime groups is 1. The molecule has 4 rings (SSSR count). The van der Waals surface area contributed by atoms with E-state index in [1.165, 1.54) is 24.8 Å². The van der Waals surface area contributed by atoms with Crippen molar-refractivity contribution in [2.75, 3.05) is 57.9 Å². The Balaban J connectivity index is 1.23. The summed E-state index contributed by atoms with van der Waals surface area (Å²) >= 11 is 0. The van der Waals surface area contributed by atoms with Crippen molar-refractivity contribution in [3.63, 3.8) is 0 Å². The molecule has 0 aliphatic carbocycles. The highest BCUT2D eigenvalue weighted by molar-refractivity contribution is 5.97. The van der Waals surface area contributed by atoms with Crippen molar-refractivity contribution < 1.29 is 14.4 Å². The Labute approximate surface area is 201 Å². The Kier molecular flexibility index (Phi) is 8.25. The Bertz CT molecular complexity index is 965. The standard InChI is InChI=1S/C26H35N5O3/c1-33-24-10-8-23(9-11-24)30-14-16-31(17-15-30)25(32)20-34-28-26(27)22-7-5-6-21(18-22)19-29-12-3-2-4-13-29/h5-11,18H,2-4,12-17,19-20H2,1H3,(H2,27,28). The van der Waals surface area contributed by atoms with Crippen LogP contribution in [0.4, 0.5) is 5.69 Å². The molecule has 2 aromatic rings. The van der Waals surface area contributed by atoms with E-state index in [4.69, 9.17) is 15.3 Å². The quantitative estimate of drug-likeness (QED) is 0.367. The number of carbonyl (C=O) groups is 1. The third-order valence-corrected chi connectivity index (χ3v) is 6.50. The van der Waals surface area contributed by atoms with E-state index in [2.05, 4.69) is 27.1 Å². The third-order valence-electron chi connectivity index (χ3n) is 6.50. The van der Waals surface area contributed by atoms with Gasteiger partial charge in [0.05, 0.1) is 7.11 Å². The molecule has 8 nitrogen and oxygen atoms in total. The Morgan fingerprint density at radius 3 is 2.41 bits per heavy atom. The first-order chi connectivity index (χ1) is 16.6. The zero-order chi connectivity index (χ0) is 23.8. The highest BCUT2D eigenvalue weighted by Gasteiger charge is 2.21. The Morgan fingerprint density at radius 1 is 0.971 bits per heavy atom. The number of nitrogens with two attached hydrogens (primary N) is 1. The topological polar surface area (TPSA) is 83.6 Å². The van der Waals surface area contributed by atoms with Crippen LogP contribution >= 0.6 is 0 Å². The lowest BCUT2D eigenvalue weighted by Crippen LogP contribution is -2.49. The van der Waals surface area contributed by atoms with Crippen LogP contribution in [0.2, 0.25) is 0 Å². The summed E-state index contributed by atoms with van der Waals surface area (Å²) < 4.78 is 5.22. The molecule has 2 N–H and O–H groups in total. The van der Waals surface area contributed by atoms with E-state index in [-0.39, 0.29) is 18.3 Å². The number of benzene rings is 2. The van der Waals surface area contributed by atoms with E-state index in [1.807, 2.05) is 41.3 Å². The number of amidine groups is 1. The van der Waals surface area contributed by atoms with Crippen LogP contribution < -0.4 is 15.4 Å². The van der Waals surface area contributed by atoms with Crippen LogP contribution in [0.1, 0.15) is 30.4 Å². The first-order valence-electron chi connectivity index (χ1n) is 12.1. The van der Waals surface area contributed by atoms with Gasteiger partial charge in [-0.15, -0.1) is 0 Å². The molecule has 0 saturated carbocycles. The van der Waals surface area contributed by atoms with E-state index in [0.29, 0.717) is 13.1 Å². The minimum absolute atomic E-state index is 0.0789. The fourth-order valence-corrected chi connectivity index (χ4v) is 4.51. The molecule has 182 valence electrons. The number of methoxy groups -OCH3 is 1. The van der Waals surface area contributed by atoms with Crippen molar-refractivity contribution in [3.8, 4) is 5.75 Å². The molecule has 0 unspecified atom stereocenters. The molecule has 2 heterocycles. The largest absolute Gasteiger partial charge is 0.497 e. The highest BCUT2D eigenvalue weighted by atomic mass is 16.6. The molecule has 2 saturated heterocycles. The van der Waals surface area contributed by atoms with Gasteiger partial charge in [0.25, 0.3) is 5.91 Å². The van der Waals surface area contributed by atoms with Crippen LogP contribution in [0.25, 0.3) is 0 Å². The number of hydrogen-bond donors (Lipinski definition) is 1.